The van der Waals surface area contributed by atoms with E-state index in [2.05, 4.69) is 32.5 Å². The van der Waals surface area contributed by atoms with Crippen molar-refractivity contribution in [3.8, 4) is 11.5 Å². The van der Waals surface area contributed by atoms with Gasteiger partial charge in [-0.25, -0.2) is 0 Å². The molecule has 0 aliphatic heterocycles. The van der Waals surface area contributed by atoms with Crippen molar-refractivity contribution in [1.82, 2.24) is 25.6 Å². The number of H-pyrrole nitrogens is 1. The first-order valence-electron chi connectivity index (χ1n) is 6.61. The van der Waals surface area contributed by atoms with Crippen LogP contribution in [-0.2, 0) is 4.79 Å². The minimum atomic E-state index is -0.799. The quantitative estimate of drug-likeness (QED) is 0.868. The molecule has 1 fully saturated rings. The molecular formula is C12H15N5O3. The van der Waals surface area contributed by atoms with Gasteiger partial charge >= 0.3 is 5.97 Å². The number of nitrogens with zero attached hydrogens (tertiary/aromatic N) is 4. The van der Waals surface area contributed by atoms with Gasteiger partial charge < -0.3 is 9.63 Å². The number of nitrogens with one attached hydrogen (secondary N) is 1. The highest BCUT2D eigenvalue weighted by molar-refractivity contribution is 5.71. The van der Waals surface area contributed by atoms with Crippen LogP contribution in [0.4, 0.5) is 0 Å². The normalized spacial score (nSPS) is 25.9. The zero-order valence-corrected chi connectivity index (χ0v) is 11.0. The molecule has 8 heteroatoms. The molecule has 8 nitrogen and oxygen atoms in total. The molecule has 0 amide bonds. The number of aromatic amines is 1. The lowest BCUT2D eigenvalue weighted by atomic mass is 9.96. The molecular weight excluding hydrogens is 262 g/mol. The number of hydrogen-bond acceptors (Lipinski definition) is 6. The Hall–Kier alpha value is -2.25. The first-order chi connectivity index (χ1) is 9.69. The molecule has 0 radical (unpaired) electrons. The van der Waals surface area contributed by atoms with Crippen molar-refractivity contribution in [2.24, 2.45) is 11.8 Å². The Morgan fingerprint density at radius 2 is 2.40 bits per heavy atom. The van der Waals surface area contributed by atoms with Crippen LogP contribution in [0.15, 0.2) is 10.7 Å². The van der Waals surface area contributed by atoms with Crippen LogP contribution in [0.2, 0.25) is 0 Å². The second-order valence-corrected chi connectivity index (χ2v) is 5.11. The van der Waals surface area contributed by atoms with Gasteiger partial charge in [0.1, 0.15) is 0 Å². The number of aromatic nitrogens is 5. The third kappa shape index (κ3) is 2.17. The fourth-order valence-electron chi connectivity index (χ4n) is 2.82. The van der Waals surface area contributed by atoms with E-state index in [1.165, 1.54) is 6.20 Å². The van der Waals surface area contributed by atoms with Gasteiger partial charge in [-0.1, -0.05) is 18.5 Å². The molecule has 1 saturated carbocycles. The summed E-state index contributed by atoms with van der Waals surface area (Å²) in [6.45, 7) is 2.07. The predicted octanol–water partition coefficient (Wildman–Crippen LogP) is 1.46. The van der Waals surface area contributed by atoms with Crippen molar-refractivity contribution in [3.05, 3.63) is 12.1 Å². The maximum Gasteiger partial charge on any atom is 0.307 e. The summed E-state index contributed by atoms with van der Waals surface area (Å²) in [6, 6.07) is 0. The molecule has 106 valence electrons. The molecule has 3 unspecified atom stereocenters. The Morgan fingerprint density at radius 1 is 1.55 bits per heavy atom. The SMILES string of the molecule is CCC1CC(C(=O)O)C(c2nc(-c3cn[nH]n3)no2)C1. The van der Waals surface area contributed by atoms with Crippen LogP contribution in [0.25, 0.3) is 11.5 Å². The molecule has 0 bridgehead atoms. The monoisotopic (exact) mass is 277 g/mol. The molecule has 1 aliphatic rings. The first kappa shape index (κ1) is 12.8. The molecule has 2 aromatic heterocycles. The lowest BCUT2D eigenvalue weighted by Gasteiger charge is -2.09. The van der Waals surface area contributed by atoms with Gasteiger partial charge in [0.15, 0.2) is 5.69 Å². The lowest BCUT2D eigenvalue weighted by molar-refractivity contribution is -0.142. The van der Waals surface area contributed by atoms with Crippen LogP contribution in [-0.4, -0.2) is 36.6 Å². The molecule has 2 N–H and O–H groups in total. The van der Waals surface area contributed by atoms with Crippen molar-refractivity contribution in [3.63, 3.8) is 0 Å². The maximum atomic E-state index is 11.4. The van der Waals surface area contributed by atoms with E-state index in [1.807, 2.05) is 0 Å². The highest BCUT2D eigenvalue weighted by Gasteiger charge is 2.42. The molecule has 1 aliphatic carbocycles. The van der Waals surface area contributed by atoms with E-state index < -0.39 is 11.9 Å². The third-order valence-corrected chi connectivity index (χ3v) is 3.96. The summed E-state index contributed by atoms with van der Waals surface area (Å²) in [4.78, 5) is 15.6. The van der Waals surface area contributed by atoms with E-state index in [4.69, 9.17) is 4.52 Å². The Bertz CT molecular complexity index is 594. The standard InChI is InChI=1S/C12H15N5O3/c1-2-6-3-7(8(4-6)12(18)19)11-14-10(16-20-11)9-5-13-17-15-9/h5-8H,2-4H2,1H3,(H,18,19)(H,13,15,17). The van der Waals surface area contributed by atoms with Crippen LogP contribution >= 0.6 is 0 Å². The van der Waals surface area contributed by atoms with E-state index in [0.717, 1.165) is 12.8 Å². The van der Waals surface area contributed by atoms with Gasteiger partial charge in [-0.05, 0) is 18.8 Å². The highest BCUT2D eigenvalue weighted by atomic mass is 16.5. The van der Waals surface area contributed by atoms with Gasteiger partial charge in [0, 0.05) is 0 Å². The van der Waals surface area contributed by atoms with Crippen molar-refractivity contribution in [1.29, 1.82) is 0 Å². The maximum absolute atomic E-state index is 11.4. The van der Waals surface area contributed by atoms with Crippen LogP contribution in [0, 0.1) is 11.8 Å². The molecule has 0 saturated heterocycles. The number of hydrogen-bond donors (Lipinski definition) is 2. The first-order valence-corrected chi connectivity index (χ1v) is 6.61. The fraction of sp³-hybridized carbons (Fsp3) is 0.583. The number of carboxylic acid groups (broad SMARTS) is 1. The van der Waals surface area contributed by atoms with Gasteiger partial charge in [-0.3, -0.25) is 4.79 Å². The Labute approximate surface area is 114 Å². The largest absolute Gasteiger partial charge is 0.481 e. The molecule has 3 atom stereocenters. The summed E-state index contributed by atoms with van der Waals surface area (Å²) in [7, 11) is 0. The van der Waals surface area contributed by atoms with Gasteiger partial charge in [0.25, 0.3) is 0 Å². The summed E-state index contributed by atoms with van der Waals surface area (Å²) < 4.78 is 5.24. The lowest BCUT2D eigenvalue weighted by Crippen LogP contribution is -2.17. The van der Waals surface area contributed by atoms with E-state index in [0.29, 0.717) is 29.7 Å². The predicted molar refractivity (Wildman–Crippen MR) is 66.6 cm³/mol. The molecule has 2 aromatic rings. The topological polar surface area (TPSA) is 118 Å². The summed E-state index contributed by atoms with van der Waals surface area (Å²) in [5, 5.41) is 23.2. The summed E-state index contributed by atoms with van der Waals surface area (Å²) in [5.74, 6) is -0.365. The smallest absolute Gasteiger partial charge is 0.307 e. The second-order valence-electron chi connectivity index (χ2n) is 5.11. The number of carbonyl (C=O) groups is 1. The third-order valence-electron chi connectivity index (χ3n) is 3.96. The Kier molecular flexibility index (Phi) is 3.21. The highest BCUT2D eigenvalue weighted by Crippen LogP contribution is 2.44. The Morgan fingerprint density at radius 3 is 3.05 bits per heavy atom. The Balaban J connectivity index is 1.86. The van der Waals surface area contributed by atoms with Gasteiger partial charge in [0.05, 0.1) is 18.0 Å². The van der Waals surface area contributed by atoms with E-state index in [1.54, 1.807) is 0 Å². The molecule has 0 spiro atoms. The average molecular weight is 277 g/mol. The second kappa shape index (κ2) is 5.03. The summed E-state index contributed by atoms with van der Waals surface area (Å²) >= 11 is 0. The number of carboxylic acids is 1. The van der Waals surface area contributed by atoms with Crippen molar-refractivity contribution in [2.75, 3.05) is 0 Å². The van der Waals surface area contributed by atoms with E-state index >= 15 is 0 Å². The average Bonchev–Trinajstić information content (AvgIpc) is 3.17. The van der Waals surface area contributed by atoms with Crippen molar-refractivity contribution < 1.29 is 14.4 Å². The number of rotatable bonds is 4. The van der Waals surface area contributed by atoms with Crippen molar-refractivity contribution >= 4 is 5.97 Å². The van der Waals surface area contributed by atoms with Crippen LogP contribution in [0.5, 0.6) is 0 Å². The van der Waals surface area contributed by atoms with E-state index in [9.17, 15) is 9.90 Å². The zero-order chi connectivity index (χ0) is 14.1. The minimum Gasteiger partial charge on any atom is -0.481 e. The molecule has 20 heavy (non-hydrogen) atoms. The van der Waals surface area contributed by atoms with Crippen LogP contribution < -0.4 is 0 Å². The summed E-state index contributed by atoms with van der Waals surface area (Å²) in [5.41, 5.74) is 0.483. The van der Waals surface area contributed by atoms with Gasteiger partial charge in [0.2, 0.25) is 11.7 Å². The van der Waals surface area contributed by atoms with Crippen LogP contribution in [0.1, 0.15) is 38.0 Å². The fourth-order valence-corrected chi connectivity index (χ4v) is 2.82. The molecule has 3 rings (SSSR count). The van der Waals surface area contributed by atoms with E-state index in [-0.39, 0.29) is 5.92 Å². The summed E-state index contributed by atoms with van der Waals surface area (Å²) in [6.07, 6.45) is 3.89. The molecule has 0 aromatic carbocycles. The van der Waals surface area contributed by atoms with Crippen LogP contribution in [0.3, 0.4) is 0 Å². The zero-order valence-electron chi connectivity index (χ0n) is 11.0. The van der Waals surface area contributed by atoms with Gasteiger partial charge in [-0.2, -0.15) is 20.4 Å². The van der Waals surface area contributed by atoms with Gasteiger partial charge in [-0.15, -0.1) is 0 Å². The van der Waals surface area contributed by atoms with Crippen molar-refractivity contribution in [2.45, 2.75) is 32.1 Å². The molecule has 2 heterocycles. The minimum absolute atomic E-state index is 0.217. The number of aliphatic carboxylic acids is 1.